The van der Waals surface area contributed by atoms with Gasteiger partial charge < -0.3 is 0 Å². The molecule has 1 heterocycles. The Hall–Kier alpha value is -1.50. The zero-order valence-electron chi connectivity index (χ0n) is 11.8. The van der Waals surface area contributed by atoms with Crippen LogP contribution in [0.5, 0.6) is 0 Å². The van der Waals surface area contributed by atoms with E-state index in [-0.39, 0.29) is 6.54 Å². The largest absolute Gasteiger partial charge is 0.336 e. The first-order chi connectivity index (χ1) is 9.61. The molecule has 1 aromatic heterocycles. The second kappa shape index (κ2) is 8.63. The number of rotatable bonds is 9. The molecule has 7 heteroatoms. The molecule has 0 atom stereocenters. The third-order valence-electron chi connectivity index (χ3n) is 2.79. The summed E-state index contributed by atoms with van der Waals surface area (Å²) < 4.78 is 2.05. The summed E-state index contributed by atoms with van der Waals surface area (Å²) >= 11 is 1.81. The summed E-state index contributed by atoms with van der Waals surface area (Å²) in [7, 11) is 0. The zero-order chi connectivity index (χ0) is 15.0. The van der Waals surface area contributed by atoms with Crippen molar-refractivity contribution in [3.05, 3.63) is 44.1 Å². The average Bonchev–Trinajstić information content (AvgIpc) is 2.41. The summed E-state index contributed by atoms with van der Waals surface area (Å²) in [6.07, 6.45) is 4.52. The van der Waals surface area contributed by atoms with E-state index in [1.54, 1.807) is 0 Å². The van der Waals surface area contributed by atoms with Gasteiger partial charge in [-0.3, -0.25) is 4.98 Å². The number of hydrogen-bond acceptors (Lipinski definition) is 4. The quantitative estimate of drug-likeness (QED) is 0.541. The highest BCUT2D eigenvalue weighted by atomic mass is 32.2. The third-order valence-corrected chi connectivity index (χ3v) is 3.94. The monoisotopic (exact) mass is 299 g/mol. The molecule has 0 spiro atoms. The van der Waals surface area contributed by atoms with E-state index in [4.69, 9.17) is 0 Å². The number of aromatic amines is 1. The van der Waals surface area contributed by atoms with Crippen LogP contribution < -0.4 is 17.1 Å². The van der Waals surface area contributed by atoms with Gasteiger partial charge in [-0.15, -0.1) is 6.58 Å². The maximum absolute atomic E-state index is 12.0. The Kier molecular flexibility index (Phi) is 7.14. The molecule has 0 aromatic carbocycles. The summed E-state index contributed by atoms with van der Waals surface area (Å²) in [5.41, 5.74) is -1.90. The summed E-state index contributed by atoms with van der Waals surface area (Å²) in [4.78, 5) is 37.3. The van der Waals surface area contributed by atoms with E-state index >= 15 is 0 Å². The maximum Gasteiger partial charge on any atom is 0.336 e. The molecule has 112 valence electrons. The first-order valence-corrected chi connectivity index (χ1v) is 7.89. The molecule has 0 bridgehead atoms. The summed E-state index contributed by atoms with van der Waals surface area (Å²) in [6, 6.07) is 0. The fourth-order valence-corrected chi connectivity index (χ4v) is 2.74. The van der Waals surface area contributed by atoms with Gasteiger partial charge in [0.05, 0.1) is 6.54 Å². The summed E-state index contributed by atoms with van der Waals surface area (Å²) in [5.74, 6) is 1.99. The highest BCUT2D eigenvalue weighted by Gasteiger charge is 2.08. The van der Waals surface area contributed by atoms with Gasteiger partial charge >= 0.3 is 17.1 Å². The van der Waals surface area contributed by atoms with Gasteiger partial charge in [-0.1, -0.05) is 19.4 Å². The van der Waals surface area contributed by atoms with Gasteiger partial charge in [-0.2, -0.15) is 11.8 Å². The normalized spacial score (nSPS) is 10.7. The maximum atomic E-state index is 12.0. The van der Waals surface area contributed by atoms with Gasteiger partial charge in [0, 0.05) is 6.54 Å². The van der Waals surface area contributed by atoms with Crippen LogP contribution in [0.15, 0.2) is 27.0 Å². The van der Waals surface area contributed by atoms with Crippen LogP contribution >= 0.6 is 11.8 Å². The lowest BCUT2D eigenvalue weighted by atomic mass is 10.4. The number of allylic oxidation sites excluding steroid dienone is 1. The third kappa shape index (κ3) is 4.56. The Balaban J connectivity index is 2.73. The van der Waals surface area contributed by atoms with Gasteiger partial charge in [0.2, 0.25) is 0 Å². The minimum absolute atomic E-state index is 0.0969. The van der Waals surface area contributed by atoms with Crippen LogP contribution in [0, 0.1) is 0 Å². The van der Waals surface area contributed by atoms with Crippen molar-refractivity contribution in [3.8, 4) is 0 Å². The Labute approximate surface area is 121 Å². The molecule has 0 saturated carbocycles. The number of nitrogens with zero attached hydrogens (tertiary/aromatic N) is 2. The molecule has 0 saturated heterocycles. The van der Waals surface area contributed by atoms with E-state index in [9.17, 15) is 14.4 Å². The van der Waals surface area contributed by atoms with Crippen molar-refractivity contribution in [3.63, 3.8) is 0 Å². The fourth-order valence-electron chi connectivity index (χ4n) is 1.71. The van der Waals surface area contributed by atoms with Crippen LogP contribution in [0.2, 0.25) is 0 Å². The lowest BCUT2D eigenvalue weighted by Gasteiger charge is -2.07. The van der Waals surface area contributed by atoms with Crippen molar-refractivity contribution >= 4 is 11.8 Å². The Morgan fingerprint density at radius 1 is 1.15 bits per heavy atom. The lowest BCUT2D eigenvalue weighted by molar-refractivity contribution is 0.530. The minimum atomic E-state index is -0.687. The van der Waals surface area contributed by atoms with Crippen LogP contribution in [-0.4, -0.2) is 25.6 Å². The molecule has 1 rings (SSSR count). The van der Waals surface area contributed by atoms with Gasteiger partial charge in [0.15, 0.2) is 0 Å². The number of hydrogen-bond donors (Lipinski definition) is 1. The summed E-state index contributed by atoms with van der Waals surface area (Å²) in [6.45, 7) is 6.05. The van der Waals surface area contributed by atoms with Crippen molar-refractivity contribution in [2.45, 2.75) is 39.3 Å². The number of unbranched alkanes of at least 4 members (excludes halogenated alkanes) is 1. The van der Waals surface area contributed by atoms with Gasteiger partial charge in [0.1, 0.15) is 0 Å². The highest BCUT2D eigenvalue weighted by molar-refractivity contribution is 7.99. The van der Waals surface area contributed by atoms with E-state index in [2.05, 4.69) is 18.5 Å². The smallest absolute Gasteiger partial charge is 0.259 e. The van der Waals surface area contributed by atoms with Crippen LogP contribution in [0.1, 0.15) is 26.2 Å². The molecule has 0 aliphatic rings. The molecule has 0 unspecified atom stereocenters. The Morgan fingerprint density at radius 3 is 2.45 bits per heavy atom. The lowest BCUT2D eigenvalue weighted by Crippen LogP contribution is -2.49. The van der Waals surface area contributed by atoms with E-state index in [1.165, 1.54) is 18.9 Å². The molecule has 20 heavy (non-hydrogen) atoms. The van der Waals surface area contributed by atoms with E-state index in [1.807, 2.05) is 11.8 Å². The SMILES string of the molecule is C=CCn1c(=O)[nH]c(=O)n(CCCSCCCC)c1=O. The molecule has 0 aliphatic heterocycles. The molecular formula is C13H21N3O3S. The Bertz CT molecular complexity index is 600. The number of thioether (sulfide) groups is 1. The van der Waals surface area contributed by atoms with Crippen LogP contribution in [-0.2, 0) is 13.1 Å². The van der Waals surface area contributed by atoms with Gasteiger partial charge in [0.25, 0.3) is 0 Å². The van der Waals surface area contributed by atoms with E-state index in [0.29, 0.717) is 6.54 Å². The number of nitrogens with one attached hydrogen (secondary N) is 1. The molecule has 0 aliphatic carbocycles. The van der Waals surface area contributed by atoms with E-state index < -0.39 is 17.1 Å². The predicted octanol–water partition coefficient (Wildman–Crippen LogP) is 0.808. The van der Waals surface area contributed by atoms with Crippen LogP contribution in [0.25, 0.3) is 0 Å². The van der Waals surface area contributed by atoms with Crippen molar-refractivity contribution < 1.29 is 0 Å². The molecule has 0 fully saturated rings. The highest BCUT2D eigenvalue weighted by Crippen LogP contribution is 2.05. The first-order valence-electron chi connectivity index (χ1n) is 6.74. The van der Waals surface area contributed by atoms with Crippen LogP contribution in [0.3, 0.4) is 0 Å². The van der Waals surface area contributed by atoms with Crippen molar-refractivity contribution in [1.29, 1.82) is 0 Å². The minimum Gasteiger partial charge on any atom is -0.259 e. The Morgan fingerprint density at radius 2 is 1.80 bits per heavy atom. The number of H-pyrrole nitrogens is 1. The predicted molar refractivity (Wildman–Crippen MR) is 82.6 cm³/mol. The molecule has 1 N–H and O–H groups in total. The molecular weight excluding hydrogens is 278 g/mol. The molecule has 6 nitrogen and oxygen atoms in total. The molecule has 0 radical (unpaired) electrons. The standard InChI is InChI=1S/C13H21N3O3S/c1-3-5-9-20-10-6-8-16-12(18)14-11(17)15(7-4-2)13(16)19/h4H,2-3,5-10H2,1H3,(H,14,17,18). The van der Waals surface area contributed by atoms with Gasteiger partial charge in [-0.25, -0.2) is 23.5 Å². The second-order valence-corrected chi connectivity index (χ2v) is 5.61. The first kappa shape index (κ1) is 16.6. The second-order valence-electron chi connectivity index (χ2n) is 4.39. The van der Waals surface area contributed by atoms with Gasteiger partial charge in [-0.05, 0) is 24.3 Å². The van der Waals surface area contributed by atoms with Crippen molar-refractivity contribution in [2.75, 3.05) is 11.5 Å². The van der Waals surface area contributed by atoms with Crippen molar-refractivity contribution in [2.24, 2.45) is 0 Å². The molecule has 0 amide bonds. The van der Waals surface area contributed by atoms with E-state index in [0.717, 1.165) is 27.1 Å². The summed E-state index contributed by atoms with van der Waals surface area (Å²) in [5, 5.41) is 0. The number of aromatic nitrogens is 3. The fraction of sp³-hybridized carbons (Fsp3) is 0.615. The zero-order valence-corrected chi connectivity index (χ0v) is 12.6. The molecule has 1 aromatic rings. The average molecular weight is 299 g/mol. The van der Waals surface area contributed by atoms with Crippen LogP contribution in [0.4, 0.5) is 0 Å². The topological polar surface area (TPSA) is 76.9 Å². The van der Waals surface area contributed by atoms with Crippen molar-refractivity contribution in [1.82, 2.24) is 14.1 Å².